The summed E-state index contributed by atoms with van der Waals surface area (Å²) in [7, 11) is 0. The molecule has 0 atom stereocenters. The van der Waals surface area contributed by atoms with Gasteiger partial charge in [0.25, 0.3) is 0 Å². The maximum atomic E-state index is 11.9. The van der Waals surface area contributed by atoms with Crippen LogP contribution < -0.4 is 0 Å². The van der Waals surface area contributed by atoms with Crippen LogP contribution in [0.3, 0.4) is 0 Å². The first kappa shape index (κ1) is 11.8. The van der Waals surface area contributed by atoms with Gasteiger partial charge in [-0.15, -0.1) is 11.3 Å². The molecule has 2 nitrogen and oxygen atoms in total. The number of carbonyl (C=O) groups is 1. The van der Waals surface area contributed by atoms with Crippen LogP contribution in [-0.2, 0) is 17.6 Å². The Balaban J connectivity index is 2.03. The lowest BCUT2D eigenvalue weighted by Gasteiger charge is -2.08. The summed E-state index contributed by atoms with van der Waals surface area (Å²) < 4.78 is 5.35. The molecule has 0 spiro atoms. The quantitative estimate of drug-likeness (QED) is 0.753. The monoisotopic (exact) mass is 238 g/mol. The standard InChI is InChI=1S/C13H18O2S/c1-9(2)15-8-11(14)13-7-10-5-3-4-6-12(10)16-13/h7,9H,3-6,8H2,1-2H3. The average Bonchev–Trinajstić information content (AvgIpc) is 2.69. The fourth-order valence-corrected chi connectivity index (χ4v) is 3.12. The van der Waals surface area contributed by atoms with E-state index in [0.29, 0.717) is 0 Å². The van der Waals surface area contributed by atoms with Gasteiger partial charge in [-0.2, -0.15) is 0 Å². The number of hydrogen-bond acceptors (Lipinski definition) is 3. The fourth-order valence-electron chi connectivity index (χ4n) is 1.94. The minimum Gasteiger partial charge on any atom is -0.371 e. The highest BCUT2D eigenvalue weighted by Crippen LogP contribution is 2.29. The third-order valence-corrected chi connectivity index (χ3v) is 4.10. The molecule has 16 heavy (non-hydrogen) atoms. The molecule has 0 aromatic carbocycles. The second-order valence-corrected chi connectivity index (χ2v) is 5.69. The predicted molar refractivity (Wildman–Crippen MR) is 66.4 cm³/mol. The van der Waals surface area contributed by atoms with Gasteiger partial charge in [-0.25, -0.2) is 0 Å². The number of thiophene rings is 1. The number of Topliss-reactive ketones (excluding diaryl/α,β-unsaturated/α-hetero) is 1. The molecule has 1 aromatic rings. The highest BCUT2D eigenvalue weighted by Gasteiger charge is 2.17. The van der Waals surface area contributed by atoms with Gasteiger partial charge in [-0.3, -0.25) is 4.79 Å². The lowest BCUT2D eigenvalue weighted by atomic mass is 9.99. The van der Waals surface area contributed by atoms with Crippen LogP contribution in [-0.4, -0.2) is 18.5 Å². The molecule has 88 valence electrons. The Hall–Kier alpha value is -0.670. The molecule has 1 aromatic heterocycles. The molecule has 0 fully saturated rings. The third kappa shape index (κ3) is 2.71. The molecule has 0 bridgehead atoms. The van der Waals surface area contributed by atoms with Crippen LogP contribution in [0.25, 0.3) is 0 Å². The van der Waals surface area contributed by atoms with Gasteiger partial charge in [0.15, 0.2) is 5.78 Å². The zero-order chi connectivity index (χ0) is 11.5. The molecule has 1 heterocycles. The molecule has 3 heteroatoms. The first-order valence-corrected chi connectivity index (χ1v) is 6.75. The summed E-state index contributed by atoms with van der Waals surface area (Å²) in [5, 5.41) is 0. The summed E-state index contributed by atoms with van der Waals surface area (Å²) in [6.45, 7) is 4.12. The topological polar surface area (TPSA) is 26.3 Å². The second kappa shape index (κ2) is 5.11. The highest BCUT2D eigenvalue weighted by atomic mass is 32.1. The van der Waals surface area contributed by atoms with E-state index in [2.05, 4.69) is 6.07 Å². The van der Waals surface area contributed by atoms with Crippen LogP contribution in [0.4, 0.5) is 0 Å². The van der Waals surface area contributed by atoms with Crippen molar-refractivity contribution in [3.05, 3.63) is 21.4 Å². The van der Waals surface area contributed by atoms with Crippen molar-refractivity contribution in [3.63, 3.8) is 0 Å². The maximum absolute atomic E-state index is 11.9. The molecule has 0 saturated heterocycles. The summed E-state index contributed by atoms with van der Waals surface area (Å²) in [6.07, 6.45) is 4.95. The van der Waals surface area contributed by atoms with Gasteiger partial charge in [-0.05, 0) is 51.2 Å². The number of rotatable bonds is 4. The van der Waals surface area contributed by atoms with E-state index >= 15 is 0 Å². The predicted octanol–water partition coefficient (Wildman–Crippen LogP) is 3.23. The fraction of sp³-hybridized carbons (Fsp3) is 0.615. The molecule has 0 N–H and O–H groups in total. The first-order valence-electron chi connectivity index (χ1n) is 5.93. The van der Waals surface area contributed by atoms with E-state index in [4.69, 9.17) is 4.74 Å². The Morgan fingerprint density at radius 2 is 2.19 bits per heavy atom. The number of aryl methyl sites for hydroxylation is 2. The van der Waals surface area contributed by atoms with Gasteiger partial charge in [-0.1, -0.05) is 0 Å². The molecule has 0 radical (unpaired) electrons. The first-order chi connectivity index (χ1) is 7.66. The Kier molecular flexibility index (Phi) is 3.77. The van der Waals surface area contributed by atoms with Crippen molar-refractivity contribution in [2.24, 2.45) is 0 Å². The van der Waals surface area contributed by atoms with E-state index in [1.807, 2.05) is 13.8 Å². The van der Waals surface area contributed by atoms with Crippen LogP contribution in [0.2, 0.25) is 0 Å². The second-order valence-electron chi connectivity index (χ2n) is 4.55. The Morgan fingerprint density at radius 3 is 2.88 bits per heavy atom. The summed E-state index contributed by atoms with van der Waals surface area (Å²) in [5.74, 6) is 0.132. The molecule has 1 aliphatic rings. The van der Waals surface area contributed by atoms with E-state index in [9.17, 15) is 4.79 Å². The van der Waals surface area contributed by atoms with Crippen molar-refractivity contribution in [3.8, 4) is 0 Å². The van der Waals surface area contributed by atoms with Crippen molar-refractivity contribution in [1.29, 1.82) is 0 Å². The highest BCUT2D eigenvalue weighted by molar-refractivity contribution is 7.14. The molecule has 0 amide bonds. The third-order valence-electron chi connectivity index (χ3n) is 2.82. The van der Waals surface area contributed by atoms with Crippen molar-refractivity contribution >= 4 is 17.1 Å². The van der Waals surface area contributed by atoms with Gasteiger partial charge < -0.3 is 4.74 Å². The molecule has 2 rings (SSSR count). The number of ether oxygens (including phenoxy) is 1. The Morgan fingerprint density at radius 1 is 1.44 bits per heavy atom. The molecular formula is C13H18O2S. The summed E-state index contributed by atoms with van der Waals surface area (Å²) in [6, 6.07) is 2.07. The number of carbonyl (C=O) groups excluding carboxylic acids is 1. The minimum atomic E-state index is 0.124. The van der Waals surface area contributed by atoms with Crippen LogP contribution in [0.5, 0.6) is 0 Å². The van der Waals surface area contributed by atoms with Crippen molar-refractivity contribution in [2.75, 3.05) is 6.61 Å². The van der Waals surface area contributed by atoms with E-state index in [1.54, 1.807) is 11.3 Å². The van der Waals surface area contributed by atoms with Gasteiger partial charge in [0, 0.05) is 4.88 Å². The van der Waals surface area contributed by atoms with Gasteiger partial charge in [0.2, 0.25) is 0 Å². The molecule has 0 aliphatic heterocycles. The van der Waals surface area contributed by atoms with E-state index in [1.165, 1.54) is 23.3 Å². The largest absolute Gasteiger partial charge is 0.371 e. The Labute approximate surface area is 101 Å². The summed E-state index contributed by atoms with van der Waals surface area (Å²) >= 11 is 1.67. The summed E-state index contributed by atoms with van der Waals surface area (Å²) in [5.41, 5.74) is 1.39. The number of hydrogen-bond donors (Lipinski definition) is 0. The normalized spacial score (nSPS) is 15.2. The van der Waals surface area contributed by atoms with Crippen molar-refractivity contribution in [1.82, 2.24) is 0 Å². The van der Waals surface area contributed by atoms with Crippen molar-refractivity contribution < 1.29 is 9.53 Å². The van der Waals surface area contributed by atoms with E-state index in [0.717, 1.165) is 17.7 Å². The smallest absolute Gasteiger partial charge is 0.198 e. The SMILES string of the molecule is CC(C)OCC(=O)c1cc2c(s1)CCCC2. The zero-order valence-corrected chi connectivity index (χ0v) is 10.7. The lowest BCUT2D eigenvalue weighted by Crippen LogP contribution is -2.12. The van der Waals surface area contributed by atoms with Gasteiger partial charge >= 0.3 is 0 Å². The molecule has 0 unspecified atom stereocenters. The zero-order valence-electron chi connectivity index (χ0n) is 9.91. The molecule has 1 aliphatic carbocycles. The molecule has 0 saturated carbocycles. The average molecular weight is 238 g/mol. The van der Waals surface area contributed by atoms with E-state index in [-0.39, 0.29) is 18.5 Å². The summed E-state index contributed by atoms with van der Waals surface area (Å²) in [4.78, 5) is 14.2. The Bertz CT molecular complexity index is 356. The van der Waals surface area contributed by atoms with Gasteiger partial charge in [0.1, 0.15) is 6.61 Å². The van der Waals surface area contributed by atoms with Gasteiger partial charge in [0.05, 0.1) is 11.0 Å². The molecular weight excluding hydrogens is 220 g/mol. The van der Waals surface area contributed by atoms with Crippen LogP contribution in [0.15, 0.2) is 6.07 Å². The van der Waals surface area contributed by atoms with Crippen LogP contribution >= 0.6 is 11.3 Å². The lowest BCUT2D eigenvalue weighted by molar-refractivity contribution is 0.0588. The maximum Gasteiger partial charge on any atom is 0.198 e. The van der Waals surface area contributed by atoms with Crippen molar-refractivity contribution in [2.45, 2.75) is 45.6 Å². The number of fused-ring (bicyclic) bond motifs is 1. The minimum absolute atomic E-state index is 0.124. The van der Waals surface area contributed by atoms with E-state index < -0.39 is 0 Å². The van der Waals surface area contributed by atoms with Crippen LogP contribution in [0.1, 0.15) is 46.8 Å². The number of ketones is 1. The van der Waals surface area contributed by atoms with Crippen LogP contribution in [0, 0.1) is 0 Å².